The molecular weight excluding hydrogens is 306 g/mol. The molecule has 2 saturated heterocycles. The molecule has 0 bridgehead atoms. The summed E-state index contributed by atoms with van der Waals surface area (Å²) in [7, 11) is 0. The summed E-state index contributed by atoms with van der Waals surface area (Å²) in [6, 6.07) is 1.88. The Morgan fingerprint density at radius 1 is 1.21 bits per heavy atom. The molecule has 2 N–H and O–H groups in total. The van der Waals surface area contributed by atoms with Crippen molar-refractivity contribution in [1.29, 1.82) is 0 Å². The lowest BCUT2D eigenvalue weighted by Crippen LogP contribution is -2.46. The van der Waals surface area contributed by atoms with Gasteiger partial charge in [-0.2, -0.15) is 0 Å². The van der Waals surface area contributed by atoms with Gasteiger partial charge in [-0.15, -0.1) is 0 Å². The molecule has 0 unspecified atom stereocenters. The zero-order valence-corrected chi connectivity index (χ0v) is 14.1. The van der Waals surface area contributed by atoms with Crippen LogP contribution in [0.3, 0.4) is 0 Å². The molecule has 0 aliphatic carbocycles. The number of carbonyl (C=O) groups is 2. The zero-order valence-electron chi connectivity index (χ0n) is 14.1. The van der Waals surface area contributed by atoms with Gasteiger partial charge in [0, 0.05) is 25.6 Å². The molecule has 2 fully saturated rings. The Morgan fingerprint density at radius 2 is 1.96 bits per heavy atom. The molecule has 0 aromatic carbocycles. The summed E-state index contributed by atoms with van der Waals surface area (Å²) < 4.78 is 4.97. The molecule has 3 rings (SSSR count). The summed E-state index contributed by atoms with van der Waals surface area (Å²) in [5.74, 6) is 0.860. The Labute approximate surface area is 143 Å². The van der Waals surface area contributed by atoms with Crippen LogP contribution in [0.5, 0.6) is 0 Å². The Bertz CT molecular complexity index is 530. The van der Waals surface area contributed by atoms with Crippen molar-refractivity contribution in [1.82, 2.24) is 15.5 Å². The zero-order chi connectivity index (χ0) is 16.8. The van der Waals surface area contributed by atoms with Crippen LogP contribution in [-0.2, 0) is 4.79 Å². The summed E-state index contributed by atoms with van der Waals surface area (Å²) in [5.41, 5.74) is 0.597. The van der Waals surface area contributed by atoms with Gasteiger partial charge in [0.05, 0.1) is 11.8 Å². The number of nitrogens with one attached hydrogen (secondary N) is 2. The van der Waals surface area contributed by atoms with Crippen molar-refractivity contribution in [2.24, 2.45) is 5.92 Å². The largest absolute Gasteiger partial charge is 0.472 e. The first-order valence-electron chi connectivity index (χ1n) is 9.04. The first-order valence-corrected chi connectivity index (χ1v) is 9.04. The van der Waals surface area contributed by atoms with Crippen molar-refractivity contribution in [3.63, 3.8) is 0 Å². The van der Waals surface area contributed by atoms with Gasteiger partial charge in [0.15, 0.2) is 0 Å². The van der Waals surface area contributed by atoms with Gasteiger partial charge in [0.1, 0.15) is 6.26 Å². The second kappa shape index (κ2) is 8.33. The summed E-state index contributed by atoms with van der Waals surface area (Å²) in [6.45, 7) is 3.53. The fourth-order valence-corrected chi connectivity index (χ4v) is 3.60. The normalized spacial score (nSPS) is 20.1. The van der Waals surface area contributed by atoms with E-state index in [-0.39, 0.29) is 17.9 Å². The van der Waals surface area contributed by atoms with Crippen LogP contribution in [0.15, 0.2) is 23.0 Å². The van der Waals surface area contributed by atoms with Gasteiger partial charge in [0.25, 0.3) is 5.91 Å². The van der Waals surface area contributed by atoms with Crippen molar-refractivity contribution in [3.8, 4) is 0 Å². The highest BCUT2D eigenvalue weighted by Crippen LogP contribution is 2.18. The number of hydrogen-bond acceptors (Lipinski definition) is 4. The van der Waals surface area contributed by atoms with E-state index in [4.69, 9.17) is 4.42 Å². The monoisotopic (exact) mass is 333 g/mol. The quantitative estimate of drug-likeness (QED) is 0.861. The highest BCUT2D eigenvalue weighted by Gasteiger charge is 2.25. The molecule has 6 heteroatoms. The molecule has 0 saturated carbocycles. The van der Waals surface area contributed by atoms with E-state index in [2.05, 4.69) is 10.6 Å². The fourth-order valence-electron chi connectivity index (χ4n) is 3.60. The third kappa shape index (κ3) is 4.60. The number of hydrogen-bond donors (Lipinski definition) is 2. The van der Waals surface area contributed by atoms with Crippen LogP contribution in [0, 0.1) is 5.92 Å². The number of amides is 2. The predicted molar refractivity (Wildman–Crippen MR) is 90.6 cm³/mol. The summed E-state index contributed by atoms with van der Waals surface area (Å²) in [4.78, 5) is 26.2. The van der Waals surface area contributed by atoms with Crippen molar-refractivity contribution in [2.75, 3.05) is 26.2 Å². The minimum atomic E-state index is 0.0134. The van der Waals surface area contributed by atoms with Gasteiger partial charge in [-0.1, -0.05) is 0 Å². The van der Waals surface area contributed by atoms with Crippen LogP contribution in [0.2, 0.25) is 0 Å². The van der Waals surface area contributed by atoms with E-state index in [1.165, 1.54) is 25.4 Å². The van der Waals surface area contributed by atoms with E-state index >= 15 is 0 Å². The number of carbonyl (C=O) groups excluding carboxylic acids is 2. The van der Waals surface area contributed by atoms with E-state index in [0.29, 0.717) is 31.0 Å². The average molecular weight is 333 g/mol. The molecule has 1 aromatic heterocycles. The molecule has 132 valence electrons. The van der Waals surface area contributed by atoms with Gasteiger partial charge in [-0.05, 0) is 57.2 Å². The van der Waals surface area contributed by atoms with Crippen LogP contribution in [0.25, 0.3) is 0 Å². The van der Waals surface area contributed by atoms with Crippen molar-refractivity contribution in [3.05, 3.63) is 24.2 Å². The SMILES string of the molecule is O=C(CCC1CCNCC1)NC1CCN(C(=O)c2ccoc2)CC1. The lowest BCUT2D eigenvalue weighted by molar-refractivity contribution is -0.122. The first-order chi connectivity index (χ1) is 11.7. The van der Waals surface area contributed by atoms with Gasteiger partial charge in [-0.3, -0.25) is 9.59 Å². The maximum atomic E-state index is 12.2. The Morgan fingerprint density at radius 3 is 2.62 bits per heavy atom. The molecule has 6 nitrogen and oxygen atoms in total. The summed E-state index contributed by atoms with van der Waals surface area (Å²) in [5, 5.41) is 6.49. The second-order valence-electron chi connectivity index (χ2n) is 6.88. The van der Waals surface area contributed by atoms with Crippen LogP contribution in [-0.4, -0.2) is 48.9 Å². The van der Waals surface area contributed by atoms with E-state index in [0.717, 1.165) is 32.4 Å². The minimum absolute atomic E-state index is 0.0134. The Balaban J connectivity index is 1.35. The third-order valence-corrected chi connectivity index (χ3v) is 5.15. The number of piperidine rings is 2. The molecule has 1 aromatic rings. The van der Waals surface area contributed by atoms with E-state index in [1.807, 2.05) is 4.90 Å². The van der Waals surface area contributed by atoms with E-state index in [1.54, 1.807) is 6.07 Å². The van der Waals surface area contributed by atoms with Gasteiger partial charge in [-0.25, -0.2) is 0 Å². The molecule has 24 heavy (non-hydrogen) atoms. The van der Waals surface area contributed by atoms with Crippen molar-refractivity contribution < 1.29 is 14.0 Å². The van der Waals surface area contributed by atoms with Crippen LogP contribution >= 0.6 is 0 Å². The van der Waals surface area contributed by atoms with Crippen LogP contribution in [0.4, 0.5) is 0 Å². The molecule has 2 aliphatic heterocycles. The van der Waals surface area contributed by atoms with Crippen molar-refractivity contribution in [2.45, 2.75) is 44.6 Å². The smallest absolute Gasteiger partial charge is 0.257 e. The number of rotatable bonds is 5. The summed E-state index contributed by atoms with van der Waals surface area (Å²) in [6.07, 6.45) is 8.62. The lowest BCUT2D eigenvalue weighted by atomic mass is 9.93. The van der Waals surface area contributed by atoms with E-state index in [9.17, 15) is 9.59 Å². The highest BCUT2D eigenvalue weighted by atomic mass is 16.3. The van der Waals surface area contributed by atoms with Crippen LogP contribution in [0.1, 0.15) is 48.9 Å². The molecule has 0 atom stereocenters. The topological polar surface area (TPSA) is 74.6 Å². The predicted octanol–water partition coefficient (Wildman–Crippen LogP) is 1.78. The van der Waals surface area contributed by atoms with Gasteiger partial charge < -0.3 is 20.0 Å². The lowest BCUT2D eigenvalue weighted by Gasteiger charge is -2.32. The maximum Gasteiger partial charge on any atom is 0.257 e. The van der Waals surface area contributed by atoms with E-state index < -0.39 is 0 Å². The molecule has 2 aliphatic rings. The second-order valence-corrected chi connectivity index (χ2v) is 6.88. The highest BCUT2D eigenvalue weighted by molar-refractivity contribution is 5.93. The first kappa shape index (κ1) is 17.0. The third-order valence-electron chi connectivity index (χ3n) is 5.15. The number of nitrogens with zero attached hydrogens (tertiary/aromatic N) is 1. The standard InChI is InChI=1S/C18H27N3O3/c22-17(2-1-14-3-8-19-9-4-14)20-16-5-10-21(11-6-16)18(23)15-7-12-24-13-15/h7,12-14,16,19H,1-6,8-11H2,(H,20,22). The Kier molecular flexibility index (Phi) is 5.91. The van der Waals surface area contributed by atoms with Gasteiger partial charge in [0.2, 0.25) is 5.91 Å². The summed E-state index contributed by atoms with van der Waals surface area (Å²) >= 11 is 0. The maximum absolute atomic E-state index is 12.2. The Hall–Kier alpha value is -1.82. The molecule has 3 heterocycles. The molecule has 0 radical (unpaired) electrons. The average Bonchev–Trinajstić information content (AvgIpc) is 3.16. The number of likely N-dealkylation sites (tertiary alicyclic amines) is 1. The minimum Gasteiger partial charge on any atom is -0.472 e. The molecular formula is C18H27N3O3. The molecule has 0 spiro atoms. The van der Waals surface area contributed by atoms with Crippen molar-refractivity contribution >= 4 is 11.8 Å². The molecule has 2 amide bonds. The van der Waals surface area contributed by atoms with Gasteiger partial charge >= 0.3 is 0 Å². The number of furan rings is 1. The van der Waals surface area contributed by atoms with Crippen LogP contribution < -0.4 is 10.6 Å². The fraction of sp³-hybridized carbons (Fsp3) is 0.667.